The number of anilines is 1. The molecule has 1 N–H and O–H groups in total. The summed E-state index contributed by atoms with van der Waals surface area (Å²) in [7, 11) is 0. The maximum Gasteiger partial charge on any atom is 0.247 e. The highest BCUT2D eigenvalue weighted by Crippen LogP contribution is 2.72. The monoisotopic (exact) mass is 597 g/mol. The van der Waals surface area contributed by atoms with Crippen LogP contribution in [0.3, 0.4) is 0 Å². The van der Waals surface area contributed by atoms with Crippen LogP contribution in [-0.2, 0) is 14.4 Å². The molecule has 3 aliphatic heterocycles. The summed E-state index contributed by atoms with van der Waals surface area (Å²) in [6.07, 6.45) is 6.56. The molecule has 4 rings (SSSR count). The number of carbonyl (C=O) groups excluding carboxylic acids is 3. The van der Waals surface area contributed by atoms with E-state index < -0.39 is 33.4 Å². The minimum Gasteiger partial charge on any atom is -0.494 e. The van der Waals surface area contributed by atoms with E-state index in [1.165, 1.54) is 0 Å². The molecule has 0 radical (unpaired) electrons. The first-order chi connectivity index (χ1) is 20.0. The average Bonchev–Trinajstić information content (AvgIpc) is 3.55. The van der Waals surface area contributed by atoms with Crippen molar-refractivity contribution in [3.8, 4) is 5.75 Å². The Labute approximate surface area is 255 Å². The molecule has 3 aliphatic rings. The molecule has 1 aromatic rings. The number of hydrogen-bond acceptors (Lipinski definition) is 6. The highest BCUT2D eigenvalue weighted by molar-refractivity contribution is 8.02. The number of aliphatic hydroxyl groups excluding tert-OH is 1. The van der Waals surface area contributed by atoms with Crippen LogP contribution < -0.4 is 9.64 Å². The van der Waals surface area contributed by atoms with E-state index in [-0.39, 0.29) is 30.4 Å². The molecule has 8 nitrogen and oxygen atoms in total. The number of thioether (sulfide) groups is 1. The second kappa shape index (κ2) is 12.8. The molecule has 230 valence electrons. The summed E-state index contributed by atoms with van der Waals surface area (Å²) in [6.45, 7) is 18.6. The fourth-order valence-corrected chi connectivity index (χ4v) is 9.78. The van der Waals surface area contributed by atoms with Gasteiger partial charge in [-0.2, -0.15) is 0 Å². The second-order valence-corrected chi connectivity index (χ2v) is 14.0. The highest BCUT2D eigenvalue weighted by Gasteiger charge is 2.78. The Morgan fingerprint density at radius 3 is 2.38 bits per heavy atom. The average molecular weight is 598 g/mol. The molecule has 2 bridgehead atoms. The first kappa shape index (κ1) is 32.1. The third-order valence-corrected chi connectivity index (χ3v) is 11.3. The van der Waals surface area contributed by atoms with Gasteiger partial charge in [-0.15, -0.1) is 24.9 Å². The number of rotatable bonds is 14. The van der Waals surface area contributed by atoms with Gasteiger partial charge in [-0.05, 0) is 71.2 Å². The number of aliphatic hydroxyl groups is 1. The van der Waals surface area contributed by atoms with Gasteiger partial charge in [-0.1, -0.05) is 25.5 Å². The molecule has 3 unspecified atom stereocenters. The van der Waals surface area contributed by atoms with Gasteiger partial charge in [0.25, 0.3) is 0 Å². The Morgan fingerprint density at radius 2 is 1.81 bits per heavy atom. The highest BCUT2D eigenvalue weighted by atomic mass is 32.2. The molecule has 9 heteroatoms. The fourth-order valence-electron chi connectivity index (χ4n) is 7.45. The van der Waals surface area contributed by atoms with Gasteiger partial charge in [0.2, 0.25) is 17.7 Å². The molecule has 1 spiro atoms. The van der Waals surface area contributed by atoms with Crippen LogP contribution in [0, 0.1) is 11.8 Å². The Bertz CT molecular complexity index is 1190. The van der Waals surface area contributed by atoms with Crippen LogP contribution in [0.15, 0.2) is 49.6 Å². The van der Waals surface area contributed by atoms with Gasteiger partial charge < -0.3 is 24.5 Å². The van der Waals surface area contributed by atoms with E-state index in [9.17, 15) is 19.5 Å². The third-order valence-electron chi connectivity index (χ3n) is 9.34. The molecule has 0 aliphatic carbocycles. The van der Waals surface area contributed by atoms with Crippen molar-refractivity contribution in [3.05, 3.63) is 49.6 Å². The lowest BCUT2D eigenvalue weighted by Gasteiger charge is -2.40. The van der Waals surface area contributed by atoms with Crippen LogP contribution in [0.1, 0.15) is 60.3 Å². The minimum absolute atomic E-state index is 0.0308. The van der Waals surface area contributed by atoms with Gasteiger partial charge in [0, 0.05) is 29.6 Å². The summed E-state index contributed by atoms with van der Waals surface area (Å²) >= 11 is 1.65. The smallest absolute Gasteiger partial charge is 0.247 e. The zero-order valence-corrected chi connectivity index (χ0v) is 26.6. The maximum absolute atomic E-state index is 14.6. The van der Waals surface area contributed by atoms with E-state index in [1.54, 1.807) is 40.6 Å². The lowest BCUT2D eigenvalue weighted by Crippen LogP contribution is -2.58. The molecular weight excluding hydrogens is 550 g/mol. The zero-order valence-electron chi connectivity index (χ0n) is 25.8. The van der Waals surface area contributed by atoms with E-state index in [4.69, 9.17) is 4.74 Å². The first-order valence-corrected chi connectivity index (χ1v) is 16.1. The summed E-state index contributed by atoms with van der Waals surface area (Å²) < 4.78 is 4.34. The summed E-state index contributed by atoms with van der Waals surface area (Å²) in [5.41, 5.74) is 0.706. The number of hydrogen-bond donors (Lipinski definition) is 1. The zero-order chi connectivity index (χ0) is 30.8. The SMILES string of the molecule is C=CCN(C(=O)[C@H]1[C@H]2C(=O)N([C@H](C)CO)C(C(=O)N(CC=C)C(C)CCC)C23CC[C@]1(C)S3)c1ccc(OCC)cc1. The van der Waals surface area contributed by atoms with Crippen LogP contribution in [0.5, 0.6) is 5.75 Å². The molecule has 42 heavy (non-hydrogen) atoms. The topological polar surface area (TPSA) is 90.4 Å². The molecule has 0 aromatic heterocycles. The van der Waals surface area contributed by atoms with E-state index >= 15 is 0 Å². The van der Waals surface area contributed by atoms with Crippen LogP contribution in [0.25, 0.3) is 0 Å². The lowest BCUT2D eigenvalue weighted by atomic mass is 9.66. The van der Waals surface area contributed by atoms with Crippen molar-refractivity contribution in [2.75, 3.05) is 31.2 Å². The summed E-state index contributed by atoms with van der Waals surface area (Å²) in [6, 6.07) is 6.04. The van der Waals surface area contributed by atoms with Crippen LogP contribution >= 0.6 is 11.8 Å². The normalized spacial score (nSPS) is 29.1. The summed E-state index contributed by atoms with van der Waals surface area (Å²) in [4.78, 5) is 48.7. The van der Waals surface area contributed by atoms with Crippen LogP contribution in [0.2, 0.25) is 0 Å². The number of ether oxygens (including phenoxy) is 1. The van der Waals surface area contributed by atoms with Crippen LogP contribution in [0.4, 0.5) is 5.69 Å². The van der Waals surface area contributed by atoms with E-state index in [1.807, 2.05) is 43.0 Å². The lowest BCUT2D eigenvalue weighted by molar-refractivity contribution is -0.146. The molecule has 3 heterocycles. The number of fused-ring (bicyclic) bond motifs is 1. The molecule has 7 atom stereocenters. The second-order valence-electron chi connectivity index (χ2n) is 12.1. The van der Waals surface area contributed by atoms with Crippen molar-refractivity contribution in [1.82, 2.24) is 9.80 Å². The third kappa shape index (κ3) is 5.27. The quantitative estimate of drug-likeness (QED) is 0.314. The van der Waals surface area contributed by atoms with Gasteiger partial charge in [0.1, 0.15) is 11.8 Å². The van der Waals surface area contributed by atoms with Crippen molar-refractivity contribution in [2.45, 2.75) is 87.9 Å². The molecule has 3 fully saturated rings. The number of likely N-dealkylation sites (tertiary alicyclic amines) is 1. The largest absolute Gasteiger partial charge is 0.494 e. The number of benzene rings is 1. The summed E-state index contributed by atoms with van der Waals surface area (Å²) in [5, 5.41) is 10.2. The summed E-state index contributed by atoms with van der Waals surface area (Å²) in [5.74, 6) is -1.04. The van der Waals surface area contributed by atoms with Crippen molar-refractivity contribution in [2.24, 2.45) is 11.8 Å². The van der Waals surface area contributed by atoms with E-state index in [0.29, 0.717) is 31.8 Å². The first-order valence-electron chi connectivity index (χ1n) is 15.2. The molecule has 3 saturated heterocycles. The Morgan fingerprint density at radius 1 is 1.14 bits per heavy atom. The fraction of sp³-hybridized carbons (Fsp3) is 0.606. The van der Waals surface area contributed by atoms with E-state index in [0.717, 1.165) is 25.0 Å². The van der Waals surface area contributed by atoms with Gasteiger partial charge in [-0.3, -0.25) is 14.4 Å². The van der Waals surface area contributed by atoms with Crippen LogP contribution in [-0.4, -0.2) is 86.6 Å². The molecular formula is C33H47N3O5S. The van der Waals surface area contributed by atoms with Gasteiger partial charge >= 0.3 is 0 Å². The predicted octanol–water partition coefficient (Wildman–Crippen LogP) is 4.67. The maximum atomic E-state index is 14.6. The number of amides is 3. The Kier molecular flexibility index (Phi) is 9.82. The molecule has 1 aromatic carbocycles. The predicted molar refractivity (Wildman–Crippen MR) is 169 cm³/mol. The van der Waals surface area contributed by atoms with Crippen molar-refractivity contribution >= 4 is 35.2 Å². The van der Waals surface area contributed by atoms with Crippen molar-refractivity contribution in [1.29, 1.82) is 0 Å². The Balaban J connectivity index is 1.78. The van der Waals surface area contributed by atoms with Crippen molar-refractivity contribution < 1.29 is 24.2 Å². The molecule has 3 amide bonds. The number of carbonyl (C=O) groups is 3. The van der Waals surface area contributed by atoms with Gasteiger partial charge in [0.15, 0.2) is 0 Å². The van der Waals surface area contributed by atoms with Gasteiger partial charge in [0.05, 0.1) is 35.8 Å². The standard InChI is InChI=1S/C33H47N3O5S/c1-8-12-22(5)34(19-9-2)31(40)28-33-18-17-32(7,42-33)26(27(33)30(39)36(28)23(6)21-37)29(38)35(20-10-3)24-13-15-25(16-14-24)41-11-4/h9-10,13-16,22-23,26-28,37H,2-3,8,11-12,17-21H2,1,4-7H3/t22?,23-,26-,27+,28?,32+,33?/m1/s1. The van der Waals surface area contributed by atoms with E-state index in [2.05, 4.69) is 27.0 Å². The molecule has 0 saturated carbocycles. The van der Waals surface area contributed by atoms with Gasteiger partial charge in [-0.25, -0.2) is 0 Å². The Hall–Kier alpha value is -2.78. The minimum atomic E-state index is -0.764. The van der Waals surface area contributed by atoms with Crippen molar-refractivity contribution in [3.63, 3.8) is 0 Å². The number of nitrogens with zero attached hydrogens (tertiary/aromatic N) is 3.